The predicted octanol–water partition coefficient (Wildman–Crippen LogP) is 6.25. The summed E-state index contributed by atoms with van der Waals surface area (Å²) in [7, 11) is 1.64. The van der Waals surface area contributed by atoms with Crippen molar-refractivity contribution >= 4 is 33.8 Å². The van der Waals surface area contributed by atoms with Gasteiger partial charge in [0.05, 0.1) is 7.11 Å². The zero-order valence-electron chi connectivity index (χ0n) is 20.6. The topological polar surface area (TPSA) is 67.4 Å². The fourth-order valence-electron chi connectivity index (χ4n) is 4.71. The highest BCUT2D eigenvalue weighted by molar-refractivity contribution is 6.13. The third-order valence-corrected chi connectivity index (χ3v) is 6.45. The molecule has 1 amide bonds. The lowest BCUT2D eigenvalue weighted by Gasteiger charge is -2.35. The molecule has 0 aliphatic carbocycles. The van der Waals surface area contributed by atoms with E-state index in [0.29, 0.717) is 16.8 Å². The van der Waals surface area contributed by atoms with Crippen molar-refractivity contribution in [2.24, 2.45) is 0 Å². The Balaban J connectivity index is 1.37. The SMILES string of the molecule is COc1ccc2c(c1)/C(=C/C(=O)c1ccc(NC(=O)c3cccc4ccccc34)cc1)NC(C)(C)C2. The van der Waals surface area contributed by atoms with Crippen LogP contribution in [0.5, 0.6) is 5.75 Å². The van der Waals surface area contributed by atoms with E-state index >= 15 is 0 Å². The molecule has 4 aromatic rings. The molecule has 180 valence electrons. The molecule has 0 spiro atoms. The summed E-state index contributed by atoms with van der Waals surface area (Å²) in [5.74, 6) is 0.447. The van der Waals surface area contributed by atoms with Gasteiger partial charge in [-0.15, -0.1) is 0 Å². The van der Waals surface area contributed by atoms with Crippen LogP contribution in [0.4, 0.5) is 5.69 Å². The Hall–Kier alpha value is -4.38. The van der Waals surface area contributed by atoms with Gasteiger partial charge in [-0.25, -0.2) is 0 Å². The van der Waals surface area contributed by atoms with Gasteiger partial charge in [-0.05, 0) is 79.1 Å². The van der Waals surface area contributed by atoms with E-state index in [1.54, 1.807) is 37.5 Å². The highest BCUT2D eigenvalue weighted by atomic mass is 16.5. The number of hydrogen-bond acceptors (Lipinski definition) is 4. The first-order chi connectivity index (χ1) is 17.3. The van der Waals surface area contributed by atoms with Gasteiger partial charge in [0.2, 0.25) is 0 Å². The summed E-state index contributed by atoms with van der Waals surface area (Å²) in [6, 6.07) is 26.4. The van der Waals surface area contributed by atoms with E-state index in [1.165, 1.54) is 5.56 Å². The molecule has 36 heavy (non-hydrogen) atoms. The summed E-state index contributed by atoms with van der Waals surface area (Å²) in [5.41, 5.74) is 4.52. The summed E-state index contributed by atoms with van der Waals surface area (Å²) in [6.45, 7) is 4.23. The van der Waals surface area contributed by atoms with Crippen molar-refractivity contribution in [3.05, 3.63) is 113 Å². The summed E-state index contributed by atoms with van der Waals surface area (Å²) < 4.78 is 5.40. The summed E-state index contributed by atoms with van der Waals surface area (Å²) >= 11 is 0. The van der Waals surface area contributed by atoms with Gasteiger partial charge in [0.25, 0.3) is 5.91 Å². The summed E-state index contributed by atoms with van der Waals surface area (Å²) in [5, 5.41) is 8.35. The Morgan fingerprint density at radius 3 is 2.47 bits per heavy atom. The van der Waals surface area contributed by atoms with Crippen molar-refractivity contribution < 1.29 is 14.3 Å². The molecule has 5 nitrogen and oxygen atoms in total. The fourth-order valence-corrected chi connectivity index (χ4v) is 4.71. The van der Waals surface area contributed by atoms with Crippen LogP contribution in [0.15, 0.2) is 91.0 Å². The van der Waals surface area contributed by atoms with Crippen LogP contribution in [-0.4, -0.2) is 24.3 Å². The standard InChI is InChI=1S/C31H28N2O3/c1-31(2)19-22-13-16-24(36-3)17-27(22)28(33-31)18-29(34)21-11-14-23(15-12-21)32-30(35)26-10-6-8-20-7-4-5-9-25(20)26/h4-18,33H,19H2,1-3H3,(H,32,35)/b28-18-. The third-order valence-electron chi connectivity index (χ3n) is 6.45. The normalized spacial score (nSPS) is 15.1. The lowest BCUT2D eigenvalue weighted by molar-refractivity contribution is 0.102. The number of allylic oxidation sites excluding steroid dienone is 1. The minimum absolute atomic E-state index is 0.115. The zero-order chi connectivity index (χ0) is 25.3. The molecule has 0 unspecified atom stereocenters. The molecule has 0 radical (unpaired) electrons. The molecular weight excluding hydrogens is 448 g/mol. The molecule has 1 aliphatic rings. The largest absolute Gasteiger partial charge is 0.497 e. The molecule has 0 atom stereocenters. The molecule has 4 aromatic carbocycles. The van der Waals surface area contributed by atoms with E-state index in [4.69, 9.17) is 4.74 Å². The molecule has 0 fully saturated rings. The summed E-state index contributed by atoms with van der Waals surface area (Å²) in [6.07, 6.45) is 2.49. The molecule has 2 N–H and O–H groups in total. The number of nitrogens with one attached hydrogen (secondary N) is 2. The number of benzene rings is 4. The molecule has 0 saturated heterocycles. The Morgan fingerprint density at radius 2 is 1.69 bits per heavy atom. The second-order valence-electron chi connectivity index (χ2n) is 9.69. The maximum Gasteiger partial charge on any atom is 0.256 e. The first-order valence-electron chi connectivity index (χ1n) is 11.9. The predicted molar refractivity (Wildman–Crippen MR) is 145 cm³/mol. The van der Waals surface area contributed by atoms with E-state index in [-0.39, 0.29) is 17.2 Å². The van der Waals surface area contributed by atoms with Gasteiger partial charge < -0.3 is 15.4 Å². The third kappa shape index (κ3) is 4.73. The second-order valence-corrected chi connectivity index (χ2v) is 9.69. The number of ether oxygens (including phenoxy) is 1. The van der Waals surface area contributed by atoms with Gasteiger partial charge in [0.1, 0.15) is 5.75 Å². The second kappa shape index (κ2) is 9.34. The van der Waals surface area contributed by atoms with E-state index in [1.807, 2.05) is 54.6 Å². The van der Waals surface area contributed by atoms with Crippen molar-refractivity contribution in [3.63, 3.8) is 0 Å². The minimum atomic E-state index is -0.188. The molecule has 0 aromatic heterocycles. The molecular formula is C31H28N2O3. The Labute approximate surface area is 210 Å². The van der Waals surface area contributed by atoms with Crippen LogP contribution in [0.1, 0.15) is 45.7 Å². The monoisotopic (exact) mass is 476 g/mol. The van der Waals surface area contributed by atoms with Crippen LogP contribution >= 0.6 is 0 Å². The number of carbonyl (C=O) groups is 2. The fraction of sp³-hybridized carbons (Fsp3) is 0.161. The van der Waals surface area contributed by atoms with Gasteiger partial charge in [-0.3, -0.25) is 9.59 Å². The van der Waals surface area contributed by atoms with Crippen molar-refractivity contribution in [2.75, 3.05) is 12.4 Å². The number of fused-ring (bicyclic) bond motifs is 2. The molecule has 5 heteroatoms. The van der Waals surface area contributed by atoms with Gasteiger partial charge in [-0.2, -0.15) is 0 Å². The maximum absolute atomic E-state index is 13.2. The number of amides is 1. The van der Waals surface area contributed by atoms with Crippen molar-refractivity contribution in [2.45, 2.75) is 25.8 Å². The van der Waals surface area contributed by atoms with E-state index in [2.05, 4.69) is 30.5 Å². The number of ketones is 1. The molecule has 0 saturated carbocycles. The molecule has 1 aliphatic heterocycles. The summed E-state index contributed by atoms with van der Waals surface area (Å²) in [4.78, 5) is 26.1. The van der Waals surface area contributed by atoms with E-state index in [9.17, 15) is 9.59 Å². The average Bonchev–Trinajstić information content (AvgIpc) is 2.88. The van der Waals surface area contributed by atoms with Crippen LogP contribution in [0.3, 0.4) is 0 Å². The zero-order valence-corrected chi connectivity index (χ0v) is 20.6. The maximum atomic E-state index is 13.2. The van der Waals surface area contributed by atoms with Gasteiger partial charge in [0, 0.05) is 39.7 Å². The van der Waals surface area contributed by atoms with Crippen molar-refractivity contribution in [1.82, 2.24) is 5.32 Å². The first-order valence-corrected chi connectivity index (χ1v) is 11.9. The highest BCUT2D eigenvalue weighted by Crippen LogP contribution is 2.32. The smallest absolute Gasteiger partial charge is 0.256 e. The van der Waals surface area contributed by atoms with Gasteiger partial charge >= 0.3 is 0 Å². The number of methoxy groups -OCH3 is 1. The van der Waals surface area contributed by atoms with Crippen LogP contribution < -0.4 is 15.4 Å². The van der Waals surface area contributed by atoms with E-state index < -0.39 is 0 Å². The van der Waals surface area contributed by atoms with Gasteiger partial charge in [-0.1, -0.05) is 42.5 Å². The van der Waals surface area contributed by atoms with E-state index in [0.717, 1.165) is 34.2 Å². The number of anilines is 1. The van der Waals surface area contributed by atoms with Crippen LogP contribution in [0.2, 0.25) is 0 Å². The number of rotatable bonds is 5. The minimum Gasteiger partial charge on any atom is -0.497 e. The first kappa shape index (κ1) is 23.4. The Bertz CT molecular complexity index is 1500. The van der Waals surface area contributed by atoms with Gasteiger partial charge in [0.15, 0.2) is 5.78 Å². The van der Waals surface area contributed by atoms with Crippen LogP contribution in [-0.2, 0) is 6.42 Å². The molecule has 5 rings (SSSR count). The quantitative estimate of drug-likeness (QED) is 0.264. The number of hydrogen-bond donors (Lipinski definition) is 2. The van der Waals surface area contributed by atoms with Crippen LogP contribution in [0, 0.1) is 0 Å². The lowest BCUT2D eigenvalue weighted by Crippen LogP contribution is -2.43. The van der Waals surface area contributed by atoms with Crippen LogP contribution in [0.25, 0.3) is 16.5 Å². The lowest BCUT2D eigenvalue weighted by atomic mass is 9.85. The molecule has 0 bridgehead atoms. The highest BCUT2D eigenvalue weighted by Gasteiger charge is 2.28. The number of carbonyl (C=O) groups excluding carboxylic acids is 2. The van der Waals surface area contributed by atoms with Crippen molar-refractivity contribution in [3.8, 4) is 5.75 Å². The van der Waals surface area contributed by atoms with Crippen molar-refractivity contribution in [1.29, 1.82) is 0 Å². The Kier molecular flexibility index (Phi) is 6.06. The Morgan fingerprint density at radius 1 is 0.944 bits per heavy atom. The molecule has 1 heterocycles. The average molecular weight is 477 g/mol.